The lowest BCUT2D eigenvalue weighted by Gasteiger charge is -2.27. The molecule has 2 aromatic heterocycles. The number of nitrogens with one attached hydrogen (secondary N) is 1. The number of carbonyl (C=O) groups is 1. The highest BCUT2D eigenvalue weighted by atomic mass is 35.5. The van der Waals surface area contributed by atoms with Gasteiger partial charge in [-0.25, -0.2) is 9.37 Å². The summed E-state index contributed by atoms with van der Waals surface area (Å²) in [5.74, 6) is 0.579. The molecule has 0 aliphatic heterocycles. The van der Waals surface area contributed by atoms with Gasteiger partial charge in [-0.05, 0) is 93.9 Å². The van der Waals surface area contributed by atoms with Gasteiger partial charge in [0.15, 0.2) is 5.16 Å². The van der Waals surface area contributed by atoms with E-state index < -0.39 is 10.2 Å². The summed E-state index contributed by atoms with van der Waals surface area (Å²) in [5, 5.41) is 13.1. The predicted molar refractivity (Wildman–Crippen MR) is 164 cm³/mol. The van der Waals surface area contributed by atoms with Crippen molar-refractivity contribution >= 4 is 35.0 Å². The number of thioether (sulfide) groups is 1. The summed E-state index contributed by atoms with van der Waals surface area (Å²) in [6.07, 6.45) is 5.27. The van der Waals surface area contributed by atoms with E-state index in [0.717, 1.165) is 11.3 Å². The third-order valence-electron chi connectivity index (χ3n) is 6.97. The van der Waals surface area contributed by atoms with E-state index in [-0.39, 0.29) is 11.7 Å². The van der Waals surface area contributed by atoms with Crippen molar-refractivity contribution in [2.75, 3.05) is 12.4 Å². The quantitative estimate of drug-likeness (QED) is 0.181. The standard InChI is InChI=1S/C31H30ClFN6O2S/c1-30(2,20-6-15-25(32)26(18-20)41-5)27-36-37-29(39(27)24-11-7-21(33)8-12-24)42-31(3,4)28(40)35-22-9-13-23(14-10-22)38-17-16-34-19-38/h6-19H,1-5H3,(H,35,40). The maximum absolute atomic E-state index is 13.9. The Bertz CT molecular complexity index is 1700. The Balaban J connectivity index is 1.46. The first-order valence-electron chi connectivity index (χ1n) is 13.1. The van der Waals surface area contributed by atoms with Gasteiger partial charge in [0.05, 0.1) is 28.6 Å². The number of carbonyl (C=O) groups excluding carboxylic acids is 1. The minimum absolute atomic E-state index is 0.209. The average molecular weight is 605 g/mol. The highest BCUT2D eigenvalue weighted by Crippen LogP contribution is 2.40. The van der Waals surface area contributed by atoms with Crippen LogP contribution in [0.3, 0.4) is 0 Å². The van der Waals surface area contributed by atoms with Crippen LogP contribution in [0.1, 0.15) is 39.1 Å². The second-order valence-corrected chi connectivity index (χ2v) is 12.7. The monoisotopic (exact) mass is 604 g/mol. The first kappa shape index (κ1) is 29.3. The van der Waals surface area contributed by atoms with Crippen LogP contribution in [0, 0.1) is 5.82 Å². The topological polar surface area (TPSA) is 86.9 Å². The number of nitrogens with zero attached hydrogens (tertiary/aromatic N) is 5. The van der Waals surface area contributed by atoms with Crippen LogP contribution in [0.25, 0.3) is 11.4 Å². The molecule has 0 atom stereocenters. The zero-order chi connectivity index (χ0) is 30.1. The number of benzene rings is 3. The smallest absolute Gasteiger partial charge is 0.240 e. The van der Waals surface area contributed by atoms with Gasteiger partial charge in [0.25, 0.3) is 0 Å². The fourth-order valence-electron chi connectivity index (χ4n) is 4.43. The molecule has 0 fully saturated rings. The first-order valence-corrected chi connectivity index (χ1v) is 14.3. The molecular formula is C31H30ClFN6O2S. The van der Waals surface area contributed by atoms with Gasteiger partial charge in [-0.2, -0.15) is 0 Å². The van der Waals surface area contributed by atoms with Gasteiger partial charge in [0, 0.05) is 29.5 Å². The number of anilines is 1. The van der Waals surface area contributed by atoms with E-state index in [0.29, 0.717) is 33.1 Å². The lowest BCUT2D eigenvalue weighted by Crippen LogP contribution is -2.34. The maximum Gasteiger partial charge on any atom is 0.240 e. The molecule has 0 saturated heterocycles. The van der Waals surface area contributed by atoms with Crippen LogP contribution in [-0.2, 0) is 10.2 Å². The van der Waals surface area contributed by atoms with Crippen LogP contribution < -0.4 is 10.1 Å². The molecule has 11 heteroatoms. The second-order valence-electron chi connectivity index (χ2n) is 10.7. The fraction of sp³-hybridized carbons (Fsp3) is 0.226. The fourth-order valence-corrected chi connectivity index (χ4v) is 5.59. The Morgan fingerprint density at radius 3 is 2.31 bits per heavy atom. The molecule has 1 amide bonds. The molecule has 2 heterocycles. The zero-order valence-corrected chi connectivity index (χ0v) is 25.4. The summed E-state index contributed by atoms with van der Waals surface area (Å²) in [6.45, 7) is 7.68. The molecular weight excluding hydrogens is 575 g/mol. The highest BCUT2D eigenvalue weighted by Gasteiger charge is 2.36. The summed E-state index contributed by atoms with van der Waals surface area (Å²) in [7, 11) is 1.56. The van der Waals surface area contributed by atoms with Gasteiger partial charge < -0.3 is 14.6 Å². The number of rotatable bonds is 9. The minimum Gasteiger partial charge on any atom is -0.495 e. The lowest BCUT2D eigenvalue weighted by atomic mass is 9.83. The summed E-state index contributed by atoms with van der Waals surface area (Å²) < 4.78 is 22.2. The molecule has 5 rings (SSSR count). The summed E-state index contributed by atoms with van der Waals surface area (Å²) >= 11 is 7.56. The number of amides is 1. The van der Waals surface area contributed by atoms with E-state index in [1.807, 2.05) is 79.4 Å². The maximum atomic E-state index is 13.9. The Labute approximate surface area is 252 Å². The molecule has 0 saturated carbocycles. The number of aromatic nitrogens is 5. The Morgan fingerprint density at radius 1 is 0.976 bits per heavy atom. The molecule has 3 aromatic carbocycles. The number of imidazole rings is 1. The van der Waals surface area contributed by atoms with Crippen LogP contribution in [0.2, 0.25) is 5.02 Å². The van der Waals surface area contributed by atoms with Crippen LogP contribution in [-0.4, -0.2) is 42.1 Å². The van der Waals surface area contributed by atoms with E-state index in [1.54, 1.807) is 37.8 Å². The van der Waals surface area contributed by atoms with Gasteiger partial charge in [0.1, 0.15) is 17.4 Å². The number of hydrogen-bond donors (Lipinski definition) is 1. The summed E-state index contributed by atoms with van der Waals surface area (Å²) in [4.78, 5) is 17.6. The molecule has 1 N–H and O–H groups in total. The lowest BCUT2D eigenvalue weighted by molar-refractivity contribution is -0.117. The van der Waals surface area contributed by atoms with Crippen molar-refractivity contribution in [1.82, 2.24) is 24.3 Å². The summed E-state index contributed by atoms with van der Waals surface area (Å²) in [5.41, 5.74) is 2.49. The molecule has 42 heavy (non-hydrogen) atoms. The molecule has 0 radical (unpaired) electrons. The van der Waals surface area contributed by atoms with Crippen molar-refractivity contribution in [3.63, 3.8) is 0 Å². The van der Waals surface area contributed by atoms with E-state index in [4.69, 9.17) is 16.3 Å². The predicted octanol–water partition coefficient (Wildman–Crippen LogP) is 7.09. The number of methoxy groups -OCH3 is 1. The Kier molecular flexibility index (Phi) is 8.12. The van der Waals surface area contributed by atoms with E-state index >= 15 is 0 Å². The third kappa shape index (κ3) is 5.91. The summed E-state index contributed by atoms with van der Waals surface area (Å²) in [6, 6.07) is 19.2. The van der Waals surface area contributed by atoms with Crippen LogP contribution in [0.5, 0.6) is 5.75 Å². The minimum atomic E-state index is -0.946. The van der Waals surface area contributed by atoms with E-state index in [1.165, 1.54) is 23.9 Å². The third-order valence-corrected chi connectivity index (χ3v) is 8.43. The Hall–Kier alpha value is -4.15. The van der Waals surface area contributed by atoms with Crippen molar-refractivity contribution in [3.8, 4) is 17.1 Å². The molecule has 216 valence electrons. The van der Waals surface area contributed by atoms with Gasteiger partial charge in [-0.15, -0.1) is 10.2 Å². The molecule has 0 bridgehead atoms. The SMILES string of the molecule is COc1cc(C(C)(C)c2nnc(SC(C)(C)C(=O)Nc3ccc(-n4ccnc4)cc3)n2-c2ccc(F)cc2)ccc1Cl. The van der Waals surface area contributed by atoms with Crippen molar-refractivity contribution in [1.29, 1.82) is 0 Å². The molecule has 5 aromatic rings. The van der Waals surface area contributed by atoms with E-state index in [9.17, 15) is 9.18 Å². The van der Waals surface area contributed by atoms with Crippen LogP contribution in [0.4, 0.5) is 10.1 Å². The molecule has 0 unspecified atom stereocenters. The zero-order valence-electron chi connectivity index (χ0n) is 23.8. The second kappa shape index (κ2) is 11.6. The van der Waals surface area contributed by atoms with Crippen molar-refractivity contribution in [2.45, 2.75) is 43.0 Å². The van der Waals surface area contributed by atoms with Gasteiger partial charge in [-0.1, -0.05) is 29.4 Å². The van der Waals surface area contributed by atoms with Crippen molar-refractivity contribution in [2.24, 2.45) is 0 Å². The molecule has 0 spiro atoms. The molecule has 8 nitrogen and oxygen atoms in total. The average Bonchev–Trinajstić information content (AvgIpc) is 3.65. The van der Waals surface area contributed by atoms with Gasteiger partial charge in [-0.3, -0.25) is 9.36 Å². The highest BCUT2D eigenvalue weighted by molar-refractivity contribution is 8.01. The molecule has 0 aliphatic rings. The normalized spacial score (nSPS) is 11.9. The van der Waals surface area contributed by atoms with E-state index in [2.05, 4.69) is 20.5 Å². The Morgan fingerprint density at radius 2 is 1.67 bits per heavy atom. The number of ether oxygens (including phenoxy) is 1. The largest absolute Gasteiger partial charge is 0.495 e. The first-order chi connectivity index (χ1) is 20.0. The van der Waals surface area contributed by atoms with Gasteiger partial charge >= 0.3 is 0 Å². The van der Waals surface area contributed by atoms with Crippen LogP contribution in [0.15, 0.2) is 90.6 Å². The van der Waals surface area contributed by atoms with Crippen molar-refractivity contribution < 1.29 is 13.9 Å². The van der Waals surface area contributed by atoms with Crippen LogP contribution >= 0.6 is 23.4 Å². The number of hydrogen-bond acceptors (Lipinski definition) is 6. The number of halogens is 2. The van der Waals surface area contributed by atoms with Gasteiger partial charge in [0.2, 0.25) is 5.91 Å². The van der Waals surface area contributed by atoms with Crippen molar-refractivity contribution in [3.05, 3.63) is 108 Å². The molecule has 0 aliphatic carbocycles.